The molecule has 0 aliphatic heterocycles. The van der Waals surface area contributed by atoms with Gasteiger partial charge in [-0.05, 0) is 38.1 Å². The molecule has 0 saturated heterocycles. The molecule has 6 nitrogen and oxygen atoms in total. The van der Waals surface area contributed by atoms with Crippen LogP contribution in [0.25, 0.3) is 28.0 Å². The Morgan fingerprint density at radius 3 is 2.41 bits per heavy atom. The first-order valence-electron chi connectivity index (χ1n) is 10.3. The Morgan fingerprint density at radius 2 is 1.62 bits per heavy atom. The van der Waals surface area contributed by atoms with Gasteiger partial charge in [-0.2, -0.15) is 0 Å². The average Bonchev–Trinajstić information content (AvgIpc) is 3.23. The van der Waals surface area contributed by atoms with Crippen LogP contribution in [0.2, 0.25) is 0 Å². The minimum Gasteiger partial charge on any atom is -0.309 e. The molecule has 1 atom stereocenters. The summed E-state index contributed by atoms with van der Waals surface area (Å²) in [6.07, 6.45) is 0. The van der Waals surface area contributed by atoms with Crippen LogP contribution in [0, 0.1) is 6.92 Å². The second kappa shape index (κ2) is 8.43. The lowest BCUT2D eigenvalue weighted by molar-refractivity contribution is 0.862. The van der Waals surface area contributed by atoms with Crippen LogP contribution in [0.4, 0.5) is 0 Å². The molecule has 0 radical (unpaired) electrons. The fraction of sp³-hybridized carbons (Fsp3) is 0.120. The van der Waals surface area contributed by atoms with Crippen molar-refractivity contribution in [3.05, 3.63) is 101 Å². The molecule has 0 spiro atoms. The summed E-state index contributed by atoms with van der Waals surface area (Å²) in [5.41, 5.74) is 3.70. The van der Waals surface area contributed by atoms with Gasteiger partial charge in [0.25, 0.3) is 5.56 Å². The number of aromatic amines is 1. The van der Waals surface area contributed by atoms with Crippen LogP contribution in [0.15, 0.2) is 88.8 Å². The normalized spacial score (nSPS) is 12.2. The summed E-state index contributed by atoms with van der Waals surface area (Å²) in [5, 5.41) is 10.2. The summed E-state index contributed by atoms with van der Waals surface area (Å²) in [4.78, 5) is 20.1. The number of benzene rings is 3. The predicted molar refractivity (Wildman–Crippen MR) is 128 cm³/mol. The predicted octanol–water partition coefficient (Wildman–Crippen LogP) is 5.33. The molecule has 0 saturated carbocycles. The van der Waals surface area contributed by atoms with Crippen LogP contribution in [-0.4, -0.2) is 24.7 Å². The van der Waals surface area contributed by atoms with E-state index in [1.807, 2.05) is 55.5 Å². The summed E-state index contributed by atoms with van der Waals surface area (Å²) in [6.45, 7) is 4.07. The van der Waals surface area contributed by atoms with Crippen molar-refractivity contribution in [2.24, 2.45) is 0 Å². The van der Waals surface area contributed by atoms with Gasteiger partial charge in [0.15, 0.2) is 11.0 Å². The number of para-hydroxylation sites is 1. The van der Waals surface area contributed by atoms with Crippen LogP contribution in [0.5, 0.6) is 0 Å². The highest BCUT2D eigenvalue weighted by atomic mass is 32.2. The SMILES string of the molecule is Cc1ccc(-n2c(S[C@H](C)c3nc4ccccc4c(=O)[nH]3)nnc2-c2ccccc2)cc1. The van der Waals surface area contributed by atoms with Crippen LogP contribution >= 0.6 is 11.8 Å². The third kappa shape index (κ3) is 3.83. The molecule has 0 unspecified atom stereocenters. The van der Waals surface area contributed by atoms with Crippen molar-refractivity contribution in [3.63, 3.8) is 0 Å². The van der Waals surface area contributed by atoms with Crippen LogP contribution in [0.1, 0.15) is 23.6 Å². The Hall–Kier alpha value is -3.71. The fourth-order valence-corrected chi connectivity index (χ4v) is 4.48. The van der Waals surface area contributed by atoms with E-state index in [0.717, 1.165) is 22.2 Å². The molecular formula is C25H21N5OS. The first-order valence-corrected chi connectivity index (χ1v) is 11.2. The van der Waals surface area contributed by atoms with E-state index in [1.165, 1.54) is 17.3 Å². The maximum Gasteiger partial charge on any atom is 0.258 e. The van der Waals surface area contributed by atoms with Crippen molar-refractivity contribution < 1.29 is 0 Å². The number of thioether (sulfide) groups is 1. The zero-order chi connectivity index (χ0) is 22.1. The van der Waals surface area contributed by atoms with Gasteiger partial charge < -0.3 is 4.98 Å². The van der Waals surface area contributed by atoms with Crippen molar-refractivity contribution >= 4 is 22.7 Å². The van der Waals surface area contributed by atoms with Gasteiger partial charge in [0.1, 0.15) is 5.82 Å². The molecule has 0 aliphatic carbocycles. The van der Waals surface area contributed by atoms with E-state index in [-0.39, 0.29) is 10.8 Å². The van der Waals surface area contributed by atoms with E-state index in [0.29, 0.717) is 16.7 Å². The Bertz CT molecular complexity index is 1440. The van der Waals surface area contributed by atoms with E-state index in [2.05, 4.69) is 55.9 Å². The fourth-order valence-electron chi connectivity index (χ4n) is 3.56. The third-order valence-electron chi connectivity index (χ3n) is 5.26. The van der Waals surface area contributed by atoms with Gasteiger partial charge in [0.05, 0.1) is 16.2 Å². The first kappa shape index (κ1) is 20.2. The molecule has 2 aromatic heterocycles. The van der Waals surface area contributed by atoms with Crippen LogP contribution in [-0.2, 0) is 0 Å². The number of nitrogens with zero attached hydrogens (tertiary/aromatic N) is 4. The average molecular weight is 440 g/mol. The second-order valence-electron chi connectivity index (χ2n) is 7.57. The van der Waals surface area contributed by atoms with Crippen molar-refractivity contribution in [1.29, 1.82) is 0 Å². The largest absolute Gasteiger partial charge is 0.309 e. The van der Waals surface area contributed by atoms with Gasteiger partial charge >= 0.3 is 0 Å². The van der Waals surface area contributed by atoms with Crippen molar-refractivity contribution in [2.75, 3.05) is 0 Å². The molecule has 7 heteroatoms. The number of hydrogen-bond donors (Lipinski definition) is 1. The van der Waals surface area contributed by atoms with Gasteiger partial charge in [-0.25, -0.2) is 4.98 Å². The van der Waals surface area contributed by atoms with Gasteiger partial charge in [-0.1, -0.05) is 71.9 Å². The summed E-state index contributed by atoms with van der Waals surface area (Å²) in [7, 11) is 0. The molecule has 3 aromatic carbocycles. The minimum atomic E-state index is -0.136. The molecule has 0 amide bonds. The molecule has 2 heterocycles. The lowest BCUT2D eigenvalue weighted by Crippen LogP contribution is -2.13. The van der Waals surface area contributed by atoms with Crippen LogP contribution < -0.4 is 5.56 Å². The topological polar surface area (TPSA) is 76.5 Å². The summed E-state index contributed by atoms with van der Waals surface area (Å²) >= 11 is 1.51. The van der Waals surface area contributed by atoms with E-state index in [1.54, 1.807) is 6.07 Å². The van der Waals surface area contributed by atoms with E-state index in [9.17, 15) is 4.79 Å². The number of rotatable bonds is 5. The molecule has 5 rings (SSSR count). The van der Waals surface area contributed by atoms with E-state index in [4.69, 9.17) is 0 Å². The maximum atomic E-state index is 12.5. The number of fused-ring (bicyclic) bond motifs is 1. The highest BCUT2D eigenvalue weighted by Crippen LogP contribution is 2.35. The van der Waals surface area contributed by atoms with Gasteiger partial charge in [-0.15, -0.1) is 10.2 Å². The molecular weight excluding hydrogens is 418 g/mol. The van der Waals surface area contributed by atoms with Crippen molar-refractivity contribution in [3.8, 4) is 17.1 Å². The van der Waals surface area contributed by atoms with Gasteiger partial charge in [0.2, 0.25) is 0 Å². The summed E-state index contributed by atoms with van der Waals surface area (Å²) in [6, 6.07) is 25.6. The highest BCUT2D eigenvalue weighted by molar-refractivity contribution is 7.99. The monoisotopic (exact) mass is 439 g/mol. The summed E-state index contributed by atoms with van der Waals surface area (Å²) in [5.74, 6) is 1.38. The summed E-state index contributed by atoms with van der Waals surface area (Å²) < 4.78 is 2.05. The third-order valence-corrected chi connectivity index (χ3v) is 6.31. The zero-order valence-electron chi connectivity index (χ0n) is 17.7. The lowest BCUT2D eigenvalue weighted by Gasteiger charge is -2.14. The number of aromatic nitrogens is 5. The molecule has 158 valence electrons. The number of hydrogen-bond acceptors (Lipinski definition) is 5. The number of H-pyrrole nitrogens is 1. The lowest BCUT2D eigenvalue weighted by atomic mass is 10.2. The number of aryl methyl sites for hydroxylation is 1. The van der Waals surface area contributed by atoms with Crippen molar-refractivity contribution in [1.82, 2.24) is 24.7 Å². The number of nitrogens with one attached hydrogen (secondary N) is 1. The smallest absolute Gasteiger partial charge is 0.258 e. The highest BCUT2D eigenvalue weighted by Gasteiger charge is 2.20. The van der Waals surface area contributed by atoms with Crippen molar-refractivity contribution in [2.45, 2.75) is 24.3 Å². The standard InChI is InChI=1S/C25H21N5OS/c1-16-12-14-19(15-13-16)30-23(18-8-4-3-5-9-18)28-29-25(30)32-17(2)22-26-21-11-7-6-10-20(21)24(31)27-22/h3-15,17H,1-2H3,(H,26,27,31)/t17-/m1/s1. The van der Waals surface area contributed by atoms with Crippen LogP contribution in [0.3, 0.4) is 0 Å². The van der Waals surface area contributed by atoms with Gasteiger partial charge in [0, 0.05) is 11.3 Å². The Labute approximate surface area is 189 Å². The molecule has 0 bridgehead atoms. The molecule has 0 aliphatic rings. The Balaban J connectivity index is 1.57. The minimum absolute atomic E-state index is 0.135. The van der Waals surface area contributed by atoms with Gasteiger partial charge in [-0.3, -0.25) is 9.36 Å². The van der Waals surface area contributed by atoms with E-state index < -0.39 is 0 Å². The quantitative estimate of drug-likeness (QED) is 0.375. The molecule has 1 N–H and O–H groups in total. The maximum absolute atomic E-state index is 12.5. The second-order valence-corrected chi connectivity index (χ2v) is 8.88. The zero-order valence-corrected chi connectivity index (χ0v) is 18.5. The Morgan fingerprint density at radius 1 is 0.906 bits per heavy atom. The molecule has 0 fully saturated rings. The Kier molecular flexibility index (Phi) is 5.33. The van der Waals surface area contributed by atoms with E-state index >= 15 is 0 Å². The molecule has 32 heavy (non-hydrogen) atoms. The molecule has 5 aromatic rings. The first-order chi connectivity index (χ1) is 15.6.